The van der Waals surface area contributed by atoms with Crippen molar-refractivity contribution in [2.75, 3.05) is 7.05 Å². The Hall–Kier alpha value is -2.47. The summed E-state index contributed by atoms with van der Waals surface area (Å²) in [5.41, 5.74) is 2.06. The van der Waals surface area contributed by atoms with Gasteiger partial charge in [0.2, 0.25) is 5.82 Å². The van der Waals surface area contributed by atoms with Crippen molar-refractivity contribution in [3.63, 3.8) is 0 Å². The summed E-state index contributed by atoms with van der Waals surface area (Å²) < 4.78 is 5.47. The zero-order valence-corrected chi connectivity index (χ0v) is 11.2. The molecule has 0 aliphatic rings. The van der Waals surface area contributed by atoms with E-state index in [0.717, 1.165) is 23.4 Å². The van der Waals surface area contributed by atoms with Gasteiger partial charge in [0.15, 0.2) is 0 Å². The van der Waals surface area contributed by atoms with E-state index in [1.54, 1.807) is 11.1 Å². The van der Waals surface area contributed by atoms with Crippen LogP contribution in [-0.4, -0.2) is 27.3 Å². The lowest BCUT2D eigenvalue weighted by Gasteiger charge is -2.00. The summed E-state index contributed by atoms with van der Waals surface area (Å²) in [5, 5.41) is 15.6. The second kappa shape index (κ2) is 5.66. The van der Waals surface area contributed by atoms with Gasteiger partial charge in [-0.2, -0.15) is 4.80 Å². The van der Waals surface area contributed by atoms with Crippen LogP contribution in [0.4, 0.5) is 0 Å². The molecule has 0 aliphatic carbocycles. The molecular weight excluding hydrogens is 254 g/mol. The number of furan rings is 1. The highest BCUT2D eigenvalue weighted by atomic mass is 16.3. The van der Waals surface area contributed by atoms with Crippen LogP contribution in [0.25, 0.3) is 11.4 Å². The first-order valence-electron chi connectivity index (χ1n) is 6.40. The van der Waals surface area contributed by atoms with Crippen molar-refractivity contribution in [2.24, 2.45) is 0 Å². The van der Waals surface area contributed by atoms with Crippen molar-refractivity contribution in [1.82, 2.24) is 25.5 Å². The van der Waals surface area contributed by atoms with Crippen molar-refractivity contribution >= 4 is 0 Å². The molecule has 1 N–H and O–H groups in total. The molecular formula is C14H15N5O. The number of hydrogen-bond donors (Lipinski definition) is 1. The van der Waals surface area contributed by atoms with E-state index in [2.05, 4.69) is 20.7 Å². The van der Waals surface area contributed by atoms with Crippen molar-refractivity contribution in [1.29, 1.82) is 0 Å². The van der Waals surface area contributed by atoms with Gasteiger partial charge in [-0.1, -0.05) is 30.3 Å². The fourth-order valence-electron chi connectivity index (χ4n) is 2.00. The Balaban J connectivity index is 1.79. The highest BCUT2D eigenvalue weighted by molar-refractivity contribution is 5.52. The number of nitrogens with zero attached hydrogens (tertiary/aromatic N) is 4. The molecule has 3 rings (SSSR count). The minimum absolute atomic E-state index is 0.476. The average Bonchev–Trinajstić information content (AvgIpc) is 3.11. The van der Waals surface area contributed by atoms with Crippen LogP contribution in [0.15, 0.2) is 47.1 Å². The Labute approximate surface area is 116 Å². The van der Waals surface area contributed by atoms with Gasteiger partial charge in [-0.15, -0.1) is 10.2 Å². The number of rotatable bonds is 5. The molecule has 20 heavy (non-hydrogen) atoms. The third kappa shape index (κ3) is 2.60. The SMILES string of the molecule is CNCc1ccoc1Cn1nnc(-c2ccccc2)n1. The molecule has 0 atom stereocenters. The Morgan fingerprint density at radius 1 is 1.20 bits per heavy atom. The van der Waals surface area contributed by atoms with E-state index in [0.29, 0.717) is 12.4 Å². The van der Waals surface area contributed by atoms with E-state index in [1.165, 1.54) is 0 Å². The molecule has 0 fully saturated rings. The van der Waals surface area contributed by atoms with Gasteiger partial charge in [-0.05, 0) is 18.3 Å². The smallest absolute Gasteiger partial charge is 0.204 e. The zero-order chi connectivity index (χ0) is 13.8. The van der Waals surface area contributed by atoms with Gasteiger partial charge in [-0.3, -0.25) is 0 Å². The summed E-state index contributed by atoms with van der Waals surface area (Å²) in [4.78, 5) is 1.54. The number of hydrogen-bond acceptors (Lipinski definition) is 5. The van der Waals surface area contributed by atoms with Gasteiger partial charge >= 0.3 is 0 Å². The van der Waals surface area contributed by atoms with Gasteiger partial charge < -0.3 is 9.73 Å². The average molecular weight is 269 g/mol. The van der Waals surface area contributed by atoms with Gasteiger partial charge in [-0.25, -0.2) is 0 Å². The largest absolute Gasteiger partial charge is 0.467 e. The number of aromatic nitrogens is 4. The molecule has 6 nitrogen and oxygen atoms in total. The Kier molecular flexibility index (Phi) is 3.56. The maximum atomic E-state index is 5.47. The molecule has 0 amide bonds. The number of nitrogens with one attached hydrogen (secondary N) is 1. The van der Waals surface area contributed by atoms with Gasteiger partial charge in [0.25, 0.3) is 0 Å². The Morgan fingerprint density at radius 2 is 2.05 bits per heavy atom. The standard InChI is InChI=1S/C14H15N5O/c1-15-9-12-7-8-20-13(12)10-19-17-14(16-18-19)11-5-3-2-4-6-11/h2-8,15H,9-10H2,1H3. The van der Waals surface area contributed by atoms with Crippen molar-refractivity contribution < 1.29 is 4.42 Å². The summed E-state index contributed by atoms with van der Waals surface area (Å²) in [5.74, 6) is 1.46. The Bertz CT molecular complexity index is 674. The van der Waals surface area contributed by atoms with E-state index < -0.39 is 0 Å². The third-order valence-electron chi connectivity index (χ3n) is 2.97. The minimum Gasteiger partial charge on any atom is -0.467 e. The van der Waals surface area contributed by atoms with Gasteiger partial charge in [0.1, 0.15) is 12.3 Å². The topological polar surface area (TPSA) is 68.8 Å². The first-order chi connectivity index (χ1) is 9.86. The molecule has 0 bridgehead atoms. The fourth-order valence-corrected chi connectivity index (χ4v) is 2.00. The quantitative estimate of drug-likeness (QED) is 0.763. The lowest BCUT2D eigenvalue weighted by atomic mass is 10.2. The normalized spacial score (nSPS) is 10.8. The molecule has 6 heteroatoms. The second-order valence-corrected chi connectivity index (χ2v) is 4.41. The lowest BCUT2D eigenvalue weighted by molar-refractivity contribution is 0.448. The van der Waals surface area contributed by atoms with Gasteiger partial charge in [0, 0.05) is 17.7 Å². The molecule has 2 aromatic heterocycles. The predicted octanol–water partition coefficient (Wildman–Crippen LogP) is 1.70. The van der Waals surface area contributed by atoms with E-state index in [1.807, 2.05) is 43.4 Å². The highest BCUT2D eigenvalue weighted by Crippen LogP contribution is 2.14. The summed E-state index contributed by atoms with van der Waals surface area (Å²) in [6.45, 7) is 1.23. The summed E-state index contributed by atoms with van der Waals surface area (Å²) in [6, 6.07) is 11.7. The van der Waals surface area contributed by atoms with Crippen molar-refractivity contribution in [2.45, 2.75) is 13.1 Å². The van der Waals surface area contributed by atoms with Crippen LogP contribution in [0.1, 0.15) is 11.3 Å². The van der Waals surface area contributed by atoms with Crippen LogP contribution < -0.4 is 5.32 Å². The summed E-state index contributed by atoms with van der Waals surface area (Å²) in [6.07, 6.45) is 1.68. The maximum absolute atomic E-state index is 5.47. The zero-order valence-electron chi connectivity index (χ0n) is 11.2. The molecule has 0 saturated heterocycles. The second-order valence-electron chi connectivity index (χ2n) is 4.41. The molecule has 0 saturated carbocycles. The van der Waals surface area contributed by atoms with Crippen LogP contribution >= 0.6 is 0 Å². The summed E-state index contributed by atoms with van der Waals surface area (Å²) >= 11 is 0. The lowest BCUT2D eigenvalue weighted by Crippen LogP contribution is -2.09. The molecule has 0 unspecified atom stereocenters. The third-order valence-corrected chi connectivity index (χ3v) is 2.97. The molecule has 2 heterocycles. The maximum Gasteiger partial charge on any atom is 0.204 e. The van der Waals surface area contributed by atoms with E-state index in [-0.39, 0.29) is 0 Å². The van der Waals surface area contributed by atoms with Crippen LogP contribution in [0, 0.1) is 0 Å². The van der Waals surface area contributed by atoms with Crippen LogP contribution in [0.3, 0.4) is 0 Å². The molecule has 0 spiro atoms. The van der Waals surface area contributed by atoms with E-state index in [9.17, 15) is 0 Å². The molecule has 0 radical (unpaired) electrons. The monoisotopic (exact) mass is 269 g/mol. The number of benzene rings is 1. The van der Waals surface area contributed by atoms with Crippen molar-refractivity contribution in [3.8, 4) is 11.4 Å². The fraction of sp³-hybridized carbons (Fsp3) is 0.214. The highest BCUT2D eigenvalue weighted by Gasteiger charge is 2.10. The van der Waals surface area contributed by atoms with Crippen LogP contribution in [-0.2, 0) is 13.1 Å². The number of tetrazole rings is 1. The van der Waals surface area contributed by atoms with Crippen LogP contribution in [0.5, 0.6) is 0 Å². The Morgan fingerprint density at radius 3 is 2.85 bits per heavy atom. The predicted molar refractivity (Wildman–Crippen MR) is 73.8 cm³/mol. The van der Waals surface area contributed by atoms with Crippen LogP contribution in [0.2, 0.25) is 0 Å². The molecule has 0 aliphatic heterocycles. The molecule has 1 aromatic carbocycles. The van der Waals surface area contributed by atoms with E-state index >= 15 is 0 Å². The first-order valence-corrected chi connectivity index (χ1v) is 6.40. The first kappa shape index (κ1) is 12.6. The molecule has 102 valence electrons. The van der Waals surface area contributed by atoms with E-state index in [4.69, 9.17) is 4.42 Å². The van der Waals surface area contributed by atoms with Crippen molar-refractivity contribution in [3.05, 3.63) is 54.0 Å². The van der Waals surface area contributed by atoms with Gasteiger partial charge in [0.05, 0.1) is 6.26 Å². The summed E-state index contributed by atoms with van der Waals surface area (Å²) in [7, 11) is 1.90. The molecule has 3 aromatic rings. The minimum atomic E-state index is 0.476.